The van der Waals surface area contributed by atoms with Gasteiger partial charge in [-0.05, 0) is 46.1 Å². The summed E-state index contributed by atoms with van der Waals surface area (Å²) in [6.07, 6.45) is 2.84. The van der Waals surface area contributed by atoms with Gasteiger partial charge in [-0.25, -0.2) is 0 Å². The Hall–Kier alpha value is -3.02. The van der Waals surface area contributed by atoms with Crippen LogP contribution in [0.1, 0.15) is 58.6 Å². The van der Waals surface area contributed by atoms with Gasteiger partial charge in [0, 0.05) is 29.9 Å². The van der Waals surface area contributed by atoms with Gasteiger partial charge in [0.2, 0.25) is 17.7 Å². The van der Waals surface area contributed by atoms with Gasteiger partial charge in [0.05, 0.1) is 30.6 Å². The molecule has 1 aromatic carbocycles. The zero-order chi connectivity index (χ0) is 32.4. The first-order valence-corrected chi connectivity index (χ1v) is 16.0. The Kier molecular flexibility index (Phi) is 10.4. The lowest BCUT2D eigenvalue weighted by Crippen LogP contribution is -2.60. The van der Waals surface area contributed by atoms with Gasteiger partial charge >= 0.3 is 5.97 Å². The number of hydrogen-bond donors (Lipinski definition) is 2. The van der Waals surface area contributed by atoms with Crippen LogP contribution in [0, 0.1) is 11.8 Å². The first kappa shape index (κ1) is 33.9. The van der Waals surface area contributed by atoms with Crippen molar-refractivity contribution >= 4 is 39.6 Å². The highest BCUT2D eigenvalue weighted by Gasteiger charge is 2.77. The predicted molar refractivity (Wildman–Crippen MR) is 168 cm³/mol. The molecule has 0 aliphatic carbocycles. The van der Waals surface area contributed by atoms with Crippen LogP contribution in [0.15, 0.2) is 55.6 Å². The van der Waals surface area contributed by atoms with E-state index in [0.717, 1.165) is 0 Å². The normalized spacial score (nSPS) is 28.6. The lowest BCUT2D eigenvalue weighted by Gasteiger charge is -2.42. The van der Waals surface area contributed by atoms with Crippen LogP contribution >= 0.6 is 15.9 Å². The summed E-state index contributed by atoms with van der Waals surface area (Å²) in [6.45, 7) is 14.8. The maximum absolute atomic E-state index is 14.3. The molecular formula is C33H44BrN3O7. The van der Waals surface area contributed by atoms with Crippen LogP contribution in [0.25, 0.3) is 0 Å². The van der Waals surface area contributed by atoms with Gasteiger partial charge in [0.15, 0.2) is 0 Å². The Balaban J connectivity index is 1.69. The molecule has 240 valence electrons. The number of nitrogens with one attached hydrogen (secondary N) is 1. The summed E-state index contributed by atoms with van der Waals surface area (Å²) in [7, 11) is 0. The molecule has 3 fully saturated rings. The third-order valence-electron chi connectivity index (χ3n) is 8.81. The Bertz CT molecular complexity index is 1270. The minimum Gasteiger partial charge on any atom is -0.455 e. The number of fused-ring (bicyclic) bond motifs is 1. The van der Waals surface area contributed by atoms with E-state index in [0.29, 0.717) is 18.4 Å². The third-order valence-corrected chi connectivity index (χ3v) is 9.66. The highest BCUT2D eigenvalue weighted by molar-refractivity contribution is 9.09. The number of amides is 3. The lowest BCUT2D eigenvalue weighted by molar-refractivity contribution is -0.162. The van der Waals surface area contributed by atoms with Crippen LogP contribution in [0.3, 0.4) is 0 Å². The maximum Gasteiger partial charge on any atom is 0.313 e. The van der Waals surface area contributed by atoms with Crippen LogP contribution in [-0.4, -0.2) is 92.4 Å². The fraction of sp³-hybridized carbons (Fsp3) is 0.576. The van der Waals surface area contributed by atoms with Crippen molar-refractivity contribution in [3.05, 3.63) is 61.2 Å². The van der Waals surface area contributed by atoms with Crippen molar-refractivity contribution in [2.45, 2.75) is 87.2 Å². The molecule has 10 nitrogen and oxygen atoms in total. The number of ether oxygens (including phenoxy) is 2. The summed E-state index contributed by atoms with van der Waals surface area (Å²) >= 11 is 3.68. The SMILES string of the molecule is C=CCCC(=O)N[C@H](C)[C@@H](OC(=O)[C@@H]1[C@H]2O[C@@]3(CC2Br)[C@H](C(=O)N(CC=C)C(C)(C)C)N(CCO)C(=O)[C@@H]13)c1ccccc1. The van der Waals surface area contributed by atoms with Crippen LogP contribution in [0.5, 0.6) is 0 Å². The average Bonchev–Trinajstić information content (AvgIpc) is 3.56. The number of carbonyl (C=O) groups is 4. The molecule has 44 heavy (non-hydrogen) atoms. The number of aliphatic hydroxyl groups excluding tert-OH is 1. The number of esters is 1. The molecule has 1 aromatic rings. The third kappa shape index (κ3) is 6.23. The van der Waals surface area contributed by atoms with Crippen molar-refractivity contribution in [2.75, 3.05) is 19.7 Å². The van der Waals surface area contributed by atoms with Crippen LogP contribution in [-0.2, 0) is 28.7 Å². The standard InChI is InChI=1S/C33H44BrN3O7/c1-7-9-15-23(39)35-20(3)26(21-13-11-10-12-14-21)43-31(42)24-25-29(40)36(17-18-38)28(33(25)19-22(34)27(24)44-33)30(41)37(16-8-2)32(4,5)6/h7-8,10-14,20,22,24-28,38H,1-2,9,15-19H2,3-6H3,(H,35,39)/t20-,22?,24+,25-,26-,27+,28+,33-/m1/s1. The van der Waals surface area contributed by atoms with Crippen LogP contribution in [0.2, 0.25) is 0 Å². The van der Waals surface area contributed by atoms with E-state index < -0.39 is 59.1 Å². The number of nitrogens with zero attached hydrogens (tertiary/aromatic N) is 2. The number of rotatable bonds is 13. The van der Waals surface area contributed by atoms with E-state index in [9.17, 15) is 24.3 Å². The fourth-order valence-corrected chi connectivity index (χ4v) is 7.88. The minimum atomic E-state index is -1.29. The number of alkyl halides is 1. The number of β-amino-alcohol motifs (C(OH)–C–C–N with tert-alkyl or cyclic N) is 1. The van der Waals surface area contributed by atoms with E-state index in [1.807, 2.05) is 51.1 Å². The van der Waals surface area contributed by atoms with Crippen molar-refractivity contribution in [1.82, 2.24) is 15.1 Å². The summed E-state index contributed by atoms with van der Waals surface area (Å²) in [5.74, 6) is -3.57. The molecule has 3 heterocycles. The highest BCUT2D eigenvalue weighted by Crippen LogP contribution is 2.60. The highest BCUT2D eigenvalue weighted by atomic mass is 79.9. The van der Waals surface area contributed by atoms with Gasteiger partial charge in [-0.3, -0.25) is 19.2 Å². The number of allylic oxidation sites excluding steroid dienone is 1. The molecule has 3 aliphatic rings. The molecule has 3 saturated heterocycles. The van der Waals surface area contributed by atoms with Gasteiger partial charge in [0.1, 0.15) is 17.7 Å². The quantitative estimate of drug-likeness (QED) is 0.187. The van der Waals surface area contributed by atoms with Gasteiger partial charge in [-0.2, -0.15) is 0 Å². The zero-order valence-electron chi connectivity index (χ0n) is 25.9. The monoisotopic (exact) mass is 673 g/mol. The molecule has 3 amide bonds. The minimum absolute atomic E-state index is 0.0806. The Morgan fingerprint density at radius 2 is 1.93 bits per heavy atom. The molecule has 0 aromatic heterocycles. The Morgan fingerprint density at radius 3 is 2.52 bits per heavy atom. The van der Waals surface area contributed by atoms with Crippen molar-refractivity contribution in [1.29, 1.82) is 0 Å². The first-order chi connectivity index (χ1) is 20.8. The molecule has 2 N–H and O–H groups in total. The molecule has 3 aliphatic heterocycles. The number of likely N-dealkylation sites (tertiary alicyclic amines) is 1. The Morgan fingerprint density at radius 1 is 1.25 bits per heavy atom. The Labute approximate surface area is 267 Å². The smallest absolute Gasteiger partial charge is 0.313 e. The number of hydrogen-bond acceptors (Lipinski definition) is 7. The molecule has 0 saturated carbocycles. The molecule has 8 atom stereocenters. The van der Waals surface area contributed by atoms with Crippen LogP contribution in [0.4, 0.5) is 0 Å². The summed E-state index contributed by atoms with van der Waals surface area (Å²) in [6, 6.07) is 7.49. The van der Waals surface area contributed by atoms with Gasteiger partial charge in [0.25, 0.3) is 0 Å². The fourth-order valence-electron chi connectivity index (χ4n) is 6.94. The van der Waals surface area contributed by atoms with Crippen molar-refractivity contribution in [3.8, 4) is 0 Å². The van der Waals surface area contributed by atoms with Gasteiger partial charge in [-0.15, -0.1) is 13.2 Å². The number of carbonyl (C=O) groups excluding carboxylic acids is 4. The zero-order valence-corrected chi connectivity index (χ0v) is 27.5. The summed E-state index contributed by atoms with van der Waals surface area (Å²) in [4.78, 5) is 57.8. The lowest BCUT2D eigenvalue weighted by atomic mass is 9.70. The summed E-state index contributed by atoms with van der Waals surface area (Å²) in [5.41, 5.74) is -1.20. The largest absolute Gasteiger partial charge is 0.455 e. The maximum atomic E-state index is 14.3. The second kappa shape index (κ2) is 13.5. The second-order valence-electron chi connectivity index (χ2n) is 12.8. The molecule has 1 unspecified atom stereocenters. The van der Waals surface area contributed by atoms with E-state index in [1.54, 1.807) is 24.0 Å². The van der Waals surface area contributed by atoms with E-state index >= 15 is 0 Å². The van der Waals surface area contributed by atoms with Crippen molar-refractivity contribution in [2.24, 2.45) is 11.8 Å². The van der Waals surface area contributed by atoms with E-state index in [-0.39, 0.29) is 42.8 Å². The van der Waals surface area contributed by atoms with E-state index in [4.69, 9.17) is 9.47 Å². The van der Waals surface area contributed by atoms with E-state index in [2.05, 4.69) is 34.4 Å². The van der Waals surface area contributed by atoms with Gasteiger partial charge in [-0.1, -0.05) is 58.4 Å². The summed E-state index contributed by atoms with van der Waals surface area (Å²) in [5, 5.41) is 12.8. The van der Waals surface area contributed by atoms with Crippen molar-refractivity contribution in [3.63, 3.8) is 0 Å². The van der Waals surface area contributed by atoms with E-state index in [1.165, 1.54) is 4.90 Å². The topological polar surface area (TPSA) is 125 Å². The average molecular weight is 675 g/mol. The molecule has 11 heteroatoms. The molecule has 0 radical (unpaired) electrons. The van der Waals surface area contributed by atoms with Gasteiger partial charge < -0.3 is 29.7 Å². The van der Waals surface area contributed by atoms with Crippen LogP contribution < -0.4 is 5.32 Å². The molecule has 2 bridgehead atoms. The number of benzene rings is 1. The number of aliphatic hydroxyl groups is 1. The van der Waals surface area contributed by atoms with Crippen molar-refractivity contribution < 1.29 is 33.8 Å². The molecular weight excluding hydrogens is 630 g/mol. The molecule has 4 rings (SSSR count). The predicted octanol–water partition coefficient (Wildman–Crippen LogP) is 3.30. The second-order valence-corrected chi connectivity index (χ2v) is 14.0. The number of halogens is 1. The molecule has 1 spiro atoms. The summed E-state index contributed by atoms with van der Waals surface area (Å²) < 4.78 is 12.7. The first-order valence-electron chi connectivity index (χ1n) is 15.1.